The lowest BCUT2D eigenvalue weighted by Crippen LogP contribution is -2.12. The molecule has 1 N–H and O–H groups in total. The van der Waals surface area contributed by atoms with Crippen LogP contribution < -0.4 is 14.8 Å². The van der Waals surface area contributed by atoms with Crippen molar-refractivity contribution >= 4 is 22.5 Å². The number of fused-ring (bicyclic) bond motifs is 3. The molecule has 33 heavy (non-hydrogen) atoms. The maximum absolute atomic E-state index is 13.2. The Morgan fingerprint density at radius 3 is 2.30 bits per heavy atom. The summed E-state index contributed by atoms with van der Waals surface area (Å²) in [6.45, 7) is 5.78. The Hall–Kier alpha value is -3.56. The molecule has 0 amide bonds. The van der Waals surface area contributed by atoms with Crippen LogP contribution in [0, 0.1) is 0 Å². The summed E-state index contributed by atoms with van der Waals surface area (Å²) in [5.74, 6) is 2.66. The standard InChI is InChI=1S/C23H24F3N5O2/c1-12(2)21-29-30-22-28-20(16-10-18(32-4)19(33-5)11-17(16)31(21)22)27-13(3)14-7-6-8-15(9-14)23(24,25)26/h6-13H,1-5H3,(H,27,28,30). The fourth-order valence-electron chi connectivity index (χ4n) is 3.75. The monoisotopic (exact) mass is 459 g/mol. The molecule has 174 valence electrons. The van der Waals surface area contributed by atoms with Crippen molar-refractivity contribution in [3.8, 4) is 11.5 Å². The summed E-state index contributed by atoms with van der Waals surface area (Å²) in [5.41, 5.74) is 0.516. The first-order valence-corrected chi connectivity index (χ1v) is 10.4. The lowest BCUT2D eigenvalue weighted by atomic mass is 10.0. The second-order valence-corrected chi connectivity index (χ2v) is 8.02. The third-order valence-corrected chi connectivity index (χ3v) is 5.46. The Morgan fingerprint density at radius 2 is 1.67 bits per heavy atom. The number of benzene rings is 2. The minimum Gasteiger partial charge on any atom is -0.493 e. The van der Waals surface area contributed by atoms with Gasteiger partial charge >= 0.3 is 6.18 Å². The minimum atomic E-state index is -4.42. The molecule has 0 fully saturated rings. The van der Waals surface area contributed by atoms with Gasteiger partial charge in [-0.2, -0.15) is 18.2 Å². The van der Waals surface area contributed by atoms with Crippen LogP contribution in [0.1, 0.15) is 49.7 Å². The van der Waals surface area contributed by atoms with E-state index in [1.54, 1.807) is 26.2 Å². The number of anilines is 1. The fraction of sp³-hybridized carbons (Fsp3) is 0.348. The van der Waals surface area contributed by atoms with Gasteiger partial charge in [0.25, 0.3) is 5.78 Å². The second-order valence-electron chi connectivity index (χ2n) is 8.02. The van der Waals surface area contributed by atoms with Crippen LogP contribution in [0.25, 0.3) is 16.7 Å². The first-order valence-electron chi connectivity index (χ1n) is 10.4. The predicted octanol–water partition coefficient (Wildman–Crippen LogP) is 5.61. The van der Waals surface area contributed by atoms with Crippen molar-refractivity contribution in [2.75, 3.05) is 19.5 Å². The fourth-order valence-corrected chi connectivity index (χ4v) is 3.75. The Labute approximate surface area is 188 Å². The van der Waals surface area contributed by atoms with Crippen molar-refractivity contribution in [3.05, 3.63) is 53.3 Å². The molecule has 1 atom stereocenters. The maximum atomic E-state index is 13.2. The molecule has 2 aromatic carbocycles. The van der Waals surface area contributed by atoms with Gasteiger partial charge in [0.2, 0.25) is 0 Å². The molecule has 0 aliphatic carbocycles. The Morgan fingerprint density at radius 1 is 0.970 bits per heavy atom. The van der Waals surface area contributed by atoms with Gasteiger partial charge in [0.1, 0.15) is 11.6 Å². The highest BCUT2D eigenvalue weighted by Crippen LogP contribution is 2.37. The van der Waals surface area contributed by atoms with Crippen molar-refractivity contribution in [2.45, 2.75) is 38.9 Å². The second kappa shape index (κ2) is 8.42. The first kappa shape index (κ1) is 22.6. The third kappa shape index (κ3) is 4.12. The van der Waals surface area contributed by atoms with E-state index >= 15 is 0 Å². The zero-order chi connectivity index (χ0) is 23.9. The molecule has 1 unspecified atom stereocenters. The van der Waals surface area contributed by atoms with E-state index in [-0.39, 0.29) is 5.92 Å². The molecule has 10 heteroatoms. The number of methoxy groups -OCH3 is 2. The number of hydrogen-bond donors (Lipinski definition) is 1. The Balaban J connectivity index is 1.88. The number of nitrogens with zero attached hydrogens (tertiary/aromatic N) is 4. The zero-order valence-corrected chi connectivity index (χ0v) is 18.9. The molecule has 0 saturated carbocycles. The van der Waals surface area contributed by atoms with E-state index in [4.69, 9.17) is 9.47 Å². The van der Waals surface area contributed by atoms with Gasteiger partial charge in [-0.1, -0.05) is 26.0 Å². The lowest BCUT2D eigenvalue weighted by Gasteiger charge is -2.19. The van der Waals surface area contributed by atoms with E-state index in [1.807, 2.05) is 24.3 Å². The largest absolute Gasteiger partial charge is 0.493 e. The van der Waals surface area contributed by atoms with Crippen LogP contribution in [0.3, 0.4) is 0 Å². The van der Waals surface area contributed by atoms with E-state index in [1.165, 1.54) is 13.2 Å². The van der Waals surface area contributed by atoms with E-state index in [0.717, 1.165) is 23.5 Å². The van der Waals surface area contributed by atoms with Gasteiger partial charge in [-0.05, 0) is 30.7 Å². The maximum Gasteiger partial charge on any atom is 0.416 e. The van der Waals surface area contributed by atoms with Gasteiger partial charge in [-0.25, -0.2) is 0 Å². The topological polar surface area (TPSA) is 73.6 Å². The van der Waals surface area contributed by atoms with Crippen LogP contribution in [0.5, 0.6) is 11.5 Å². The Kier molecular flexibility index (Phi) is 5.77. The molecule has 0 bridgehead atoms. The van der Waals surface area contributed by atoms with Gasteiger partial charge in [0, 0.05) is 23.4 Å². The molecular weight excluding hydrogens is 435 g/mol. The molecule has 0 aliphatic rings. The summed E-state index contributed by atoms with van der Waals surface area (Å²) in [6.07, 6.45) is -4.42. The number of aromatic nitrogens is 4. The molecule has 0 radical (unpaired) electrons. The zero-order valence-electron chi connectivity index (χ0n) is 18.9. The summed E-state index contributed by atoms with van der Waals surface area (Å²) in [7, 11) is 3.08. The SMILES string of the molecule is COc1cc2c(NC(C)c3cccc(C(F)(F)F)c3)nc3nnc(C(C)C)n3c2cc1OC. The number of halogens is 3. The van der Waals surface area contributed by atoms with Crippen molar-refractivity contribution in [1.82, 2.24) is 19.6 Å². The molecule has 0 aliphatic heterocycles. The van der Waals surface area contributed by atoms with Crippen LogP contribution in [0.4, 0.5) is 19.0 Å². The van der Waals surface area contributed by atoms with E-state index in [9.17, 15) is 13.2 Å². The summed E-state index contributed by atoms with van der Waals surface area (Å²) in [6, 6.07) is 8.36. The van der Waals surface area contributed by atoms with Crippen molar-refractivity contribution in [3.63, 3.8) is 0 Å². The van der Waals surface area contributed by atoms with Gasteiger partial charge < -0.3 is 14.8 Å². The lowest BCUT2D eigenvalue weighted by molar-refractivity contribution is -0.137. The van der Waals surface area contributed by atoms with E-state index in [0.29, 0.717) is 34.0 Å². The van der Waals surface area contributed by atoms with Crippen LogP contribution in [0.2, 0.25) is 0 Å². The molecule has 7 nitrogen and oxygen atoms in total. The third-order valence-electron chi connectivity index (χ3n) is 5.46. The highest BCUT2D eigenvalue weighted by atomic mass is 19.4. The summed E-state index contributed by atoms with van der Waals surface area (Å²) in [5, 5.41) is 12.4. The first-order chi connectivity index (χ1) is 15.6. The highest BCUT2D eigenvalue weighted by molar-refractivity contribution is 5.94. The van der Waals surface area contributed by atoms with Gasteiger partial charge in [-0.3, -0.25) is 4.40 Å². The smallest absolute Gasteiger partial charge is 0.416 e. The van der Waals surface area contributed by atoms with Gasteiger partial charge in [0.15, 0.2) is 11.5 Å². The van der Waals surface area contributed by atoms with Gasteiger partial charge in [0.05, 0.1) is 25.3 Å². The number of hydrogen-bond acceptors (Lipinski definition) is 6. The minimum absolute atomic E-state index is 0.0842. The average molecular weight is 459 g/mol. The number of nitrogens with one attached hydrogen (secondary N) is 1. The van der Waals surface area contributed by atoms with E-state index in [2.05, 4.69) is 20.5 Å². The average Bonchev–Trinajstić information content (AvgIpc) is 3.22. The number of alkyl halides is 3. The van der Waals surface area contributed by atoms with Crippen LogP contribution in [-0.4, -0.2) is 33.8 Å². The van der Waals surface area contributed by atoms with Crippen molar-refractivity contribution in [1.29, 1.82) is 0 Å². The number of rotatable bonds is 6. The molecule has 2 aromatic heterocycles. The molecule has 4 aromatic rings. The van der Waals surface area contributed by atoms with Crippen molar-refractivity contribution < 1.29 is 22.6 Å². The highest BCUT2D eigenvalue weighted by Gasteiger charge is 2.31. The van der Waals surface area contributed by atoms with Crippen LogP contribution >= 0.6 is 0 Å². The van der Waals surface area contributed by atoms with Gasteiger partial charge in [-0.15, -0.1) is 10.2 Å². The summed E-state index contributed by atoms with van der Waals surface area (Å²) in [4.78, 5) is 4.63. The van der Waals surface area contributed by atoms with Crippen LogP contribution in [-0.2, 0) is 6.18 Å². The van der Waals surface area contributed by atoms with E-state index < -0.39 is 17.8 Å². The molecule has 0 spiro atoms. The predicted molar refractivity (Wildman–Crippen MR) is 119 cm³/mol. The summed E-state index contributed by atoms with van der Waals surface area (Å²) < 4.78 is 52.4. The van der Waals surface area contributed by atoms with Crippen LogP contribution in [0.15, 0.2) is 36.4 Å². The molecule has 2 heterocycles. The quantitative estimate of drug-likeness (QED) is 0.404. The molecule has 0 saturated heterocycles. The number of ether oxygens (including phenoxy) is 2. The Bertz CT molecular complexity index is 1320. The summed E-state index contributed by atoms with van der Waals surface area (Å²) >= 11 is 0. The molecular formula is C23H24F3N5O2. The van der Waals surface area contributed by atoms with Crippen molar-refractivity contribution in [2.24, 2.45) is 0 Å². The normalized spacial score (nSPS) is 13.0. The molecule has 4 rings (SSSR count).